The molecule has 2 atom stereocenters. The standard InChI is InChI=1S/C18H27NO4/c1-5-14(15-8-6-13(2)7-9-15)10-16(20)19-18(3,12-23-4)11-17(21)22/h6-9,14H,5,10-12H2,1-4H3,(H,19,20)(H,21,22). The van der Waals surface area contributed by atoms with Crippen molar-refractivity contribution in [3.63, 3.8) is 0 Å². The van der Waals surface area contributed by atoms with E-state index in [2.05, 4.69) is 5.32 Å². The zero-order valence-electron chi connectivity index (χ0n) is 14.4. The molecule has 1 aromatic carbocycles. The molecule has 1 aromatic rings. The average Bonchev–Trinajstić information content (AvgIpc) is 2.44. The normalized spacial score (nSPS) is 14.8. The number of hydrogen-bond acceptors (Lipinski definition) is 3. The lowest BCUT2D eigenvalue weighted by molar-refractivity contribution is -0.139. The minimum Gasteiger partial charge on any atom is -0.481 e. The van der Waals surface area contributed by atoms with Crippen LogP contribution in [0.1, 0.15) is 50.2 Å². The highest BCUT2D eigenvalue weighted by atomic mass is 16.5. The fourth-order valence-corrected chi connectivity index (χ4v) is 2.73. The fourth-order valence-electron chi connectivity index (χ4n) is 2.73. The lowest BCUT2D eigenvalue weighted by atomic mass is 9.91. The quantitative estimate of drug-likeness (QED) is 0.733. The maximum atomic E-state index is 12.4. The van der Waals surface area contributed by atoms with E-state index in [0.29, 0.717) is 6.42 Å². The lowest BCUT2D eigenvalue weighted by Gasteiger charge is -2.29. The van der Waals surface area contributed by atoms with Crippen molar-refractivity contribution in [3.05, 3.63) is 35.4 Å². The molecular weight excluding hydrogens is 294 g/mol. The maximum absolute atomic E-state index is 12.4. The van der Waals surface area contributed by atoms with E-state index in [1.165, 1.54) is 12.7 Å². The summed E-state index contributed by atoms with van der Waals surface area (Å²) in [7, 11) is 1.49. The Hall–Kier alpha value is -1.88. The third-order valence-electron chi connectivity index (χ3n) is 3.92. The number of carbonyl (C=O) groups is 2. The molecule has 1 rings (SSSR count). The summed E-state index contributed by atoms with van der Waals surface area (Å²) in [5.74, 6) is -0.999. The second-order valence-electron chi connectivity index (χ2n) is 6.33. The summed E-state index contributed by atoms with van der Waals surface area (Å²) < 4.78 is 5.06. The molecule has 5 heteroatoms. The Morgan fingerprint density at radius 1 is 1.30 bits per heavy atom. The number of aryl methyl sites for hydroxylation is 1. The average molecular weight is 321 g/mol. The van der Waals surface area contributed by atoms with Crippen molar-refractivity contribution < 1.29 is 19.4 Å². The van der Waals surface area contributed by atoms with Gasteiger partial charge < -0.3 is 15.2 Å². The van der Waals surface area contributed by atoms with Gasteiger partial charge in [-0.3, -0.25) is 9.59 Å². The van der Waals surface area contributed by atoms with Crippen LogP contribution in [0, 0.1) is 6.92 Å². The van der Waals surface area contributed by atoms with E-state index in [1.54, 1.807) is 6.92 Å². The van der Waals surface area contributed by atoms with Gasteiger partial charge in [0.1, 0.15) is 0 Å². The van der Waals surface area contributed by atoms with Crippen LogP contribution in [0.15, 0.2) is 24.3 Å². The van der Waals surface area contributed by atoms with Gasteiger partial charge in [0.25, 0.3) is 0 Å². The summed E-state index contributed by atoms with van der Waals surface area (Å²) in [4.78, 5) is 23.4. The summed E-state index contributed by atoms with van der Waals surface area (Å²) in [5.41, 5.74) is 1.41. The molecule has 0 saturated carbocycles. The van der Waals surface area contributed by atoms with Crippen LogP contribution in [0.25, 0.3) is 0 Å². The van der Waals surface area contributed by atoms with Crippen LogP contribution < -0.4 is 5.32 Å². The lowest BCUT2D eigenvalue weighted by Crippen LogP contribution is -2.51. The van der Waals surface area contributed by atoms with Crippen LogP contribution in [0.4, 0.5) is 0 Å². The van der Waals surface area contributed by atoms with Crippen LogP contribution in [-0.2, 0) is 14.3 Å². The van der Waals surface area contributed by atoms with E-state index >= 15 is 0 Å². The van der Waals surface area contributed by atoms with Crippen LogP contribution in [0.2, 0.25) is 0 Å². The van der Waals surface area contributed by atoms with Gasteiger partial charge in [0.15, 0.2) is 0 Å². The molecule has 5 nitrogen and oxygen atoms in total. The van der Waals surface area contributed by atoms with Crippen LogP contribution in [0.5, 0.6) is 0 Å². The molecule has 128 valence electrons. The van der Waals surface area contributed by atoms with Crippen LogP contribution in [0.3, 0.4) is 0 Å². The number of hydrogen-bond donors (Lipinski definition) is 2. The topological polar surface area (TPSA) is 75.6 Å². The zero-order valence-corrected chi connectivity index (χ0v) is 14.4. The van der Waals surface area contributed by atoms with Gasteiger partial charge in [0.2, 0.25) is 5.91 Å². The van der Waals surface area contributed by atoms with Gasteiger partial charge in [-0.15, -0.1) is 0 Å². The van der Waals surface area contributed by atoms with Gasteiger partial charge in [-0.2, -0.15) is 0 Å². The van der Waals surface area contributed by atoms with Gasteiger partial charge in [0.05, 0.1) is 18.6 Å². The molecule has 0 heterocycles. The van der Waals surface area contributed by atoms with Gasteiger partial charge in [-0.05, 0) is 31.7 Å². The fraction of sp³-hybridized carbons (Fsp3) is 0.556. The number of carboxylic acid groups (broad SMARTS) is 1. The Morgan fingerprint density at radius 2 is 1.91 bits per heavy atom. The molecule has 0 saturated heterocycles. The molecule has 0 aliphatic heterocycles. The number of ether oxygens (including phenoxy) is 1. The van der Waals surface area contributed by atoms with Crippen molar-refractivity contribution in [2.75, 3.05) is 13.7 Å². The SMILES string of the molecule is CCC(CC(=O)NC(C)(COC)CC(=O)O)c1ccc(C)cc1. The first kappa shape index (κ1) is 19.2. The number of methoxy groups -OCH3 is 1. The van der Waals surface area contributed by atoms with E-state index in [0.717, 1.165) is 12.0 Å². The van der Waals surface area contributed by atoms with E-state index in [9.17, 15) is 9.59 Å². The number of benzene rings is 1. The van der Waals surface area contributed by atoms with Gasteiger partial charge in [-0.25, -0.2) is 0 Å². The first-order valence-corrected chi connectivity index (χ1v) is 7.88. The van der Waals surface area contributed by atoms with Gasteiger partial charge >= 0.3 is 5.97 Å². The molecule has 0 aliphatic carbocycles. The van der Waals surface area contributed by atoms with Crippen LogP contribution in [-0.4, -0.2) is 36.2 Å². The van der Waals surface area contributed by atoms with Gasteiger partial charge in [-0.1, -0.05) is 36.8 Å². The first-order valence-electron chi connectivity index (χ1n) is 7.88. The second-order valence-corrected chi connectivity index (χ2v) is 6.33. The summed E-state index contributed by atoms with van der Waals surface area (Å²) in [6.45, 7) is 5.92. The number of nitrogens with one attached hydrogen (secondary N) is 1. The minimum absolute atomic E-state index is 0.118. The van der Waals surface area contributed by atoms with Crippen molar-refractivity contribution in [2.45, 2.75) is 51.5 Å². The van der Waals surface area contributed by atoms with Crippen molar-refractivity contribution in [1.29, 1.82) is 0 Å². The number of rotatable bonds is 9. The molecule has 23 heavy (non-hydrogen) atoms. The van der Waals surface area contributed by atoms with Crippen molar-refractivity contribution >= 4 is 11.9 Å². The summed E-state index contributed by atoms with van der Waals surface area (Å²) in [6, 6.07) is 8.16. The highest BCUT2D eigenvalue weighted by Gasteiger charge is 2.30. The molecule has 2 unspecified atom stereocenters. The maximum Gasteiger partial charge on any atom is 0.305 e. The van der Waals surface area contributed by atoms with Crippen molar-refractivity contribution in [3.8, 4) is 0 Å². The molecule has 0 fully saturated rings. The minimum atomic E-state index is -0.963. The van der Waals surface area contributed by atoms with Crippen LogP contribution >= 0.6 is 0 Å². The number of amides is 1. The second kappa shape index (κ2) is 8.67. The Morgan fingerprint density at radius 3 is 2.39 bits per heavy atom. The molecule has 0 aliphatic rings. The number of carboxylic acids is 1. The molecule has 0 radical (unpaired) electrons. The highest BCUT2D eigenvalue weighted by Crippen LogP contribution is 2.24. The molecule has 2 N–H and O–H groups in total. The molecule has 0 spiro atoms. The smallest absolute Gasteiger partial charge is 0.305 e. The monoisotopic (exact) mass is 321 g/mol. The van der Waals surface area contributed by atoms with Crippen molar-refractivity contribution in [1.82, 2.24) is 5.32 Å². The molecule has 0 aromatic heterocycles. The molecule has 1 amide bonds. The Bertz CT molecular complexity index is 526. The Kier molecular flexibility index (Phi) is 7.23. The summed E-state index contributed by atoms with van der Waals surface area (Å²) >= 11 is 0. The highest BCUT2D eigenvalue weighted by molar-refractivity contribution is 5.79. The Balaban J connectivity index is 2.75. The third-order valence-corrected chi connectivity index (χ3v) is 3.92. The summed E-state index contributed by atoms with van der Waals surface area (Å²) in [5, 5.41) is 11.8. The largest absolute Gasteiger partial charge is 0.481 e. The molecule has 0 bridgehead atoms. The van der Waals surface area contributed by atoms with E-state index < -0.39 is 11.5 Å². The zero-order chi connectivity index (χ0) is 17.5. The van der Waals surface area contributed by atoms with E-state index in [1.807, 2.05) is 38.1 Å². The van der Waals surface area contributed by atoms with E-state index in [4.69, 9.17) is 9.84 Å². The van der Waals surface area contributed by atoms with E-state index in [-0.39, 0.29) is 24.9 Å². The Labute approximate surface area is 138 Å². The van der Waals surface area contributed by atoms with Crippen molar-refractivity contribution in [2.24, 2.45) is 0 Å². The summed E-state index contributed by atoms with van der Waals surface area (Å²) in [6.07, 6.45) is 1.00. The third kappa shape index (κ3) is 6.40. The number of carbonyl (C=O) groups excluding carboxylic acids is 1. The predicted molar refractivity (Wildman–Crippen MR) is 89.5 cm³/mol. The first-order chi connectivity index (χ1) is 10.8. The predicted octanol–water partition coefficient (Wildman–Crippen LogP) is 2.87. The van der Waals surface area contributed by atoms with Gasteiger partial charge in [0, 0.05) is 13.5 Å². The number of aliphatic carboxylic acids is 1. The molecular formula is C18H27NO4.